The third-order valence-corrected chi connectivity index (χ3v) is 5.86. The Morgan fingerprint density at radius 1 is 1.15 bits per heavy atom. The van der Waals surface area contributed by atoms with Crippen molar-refractivity contribution in [2.24, 2.45) is 7.05 Å². The molecule has 26 heavy (non-hydrogen) atoms. The number of benzene rings is 1. The third kappa shape index (κ3) is 3.77. The summed E-state index contributed by atoms with van der Waals surface area (Å²) in [6, 6.07) is 9.75. The predicted molar refractivity (Wildman–Crippen MR) is 100 cm³/mol. The van der Waals surface area contributed by atoms with Crippen molar-refractivity contribution in [3.63, 3.8) is 0 Å². The lowest BCUT2D eigenvalue weighted by atomic mass is 10.2. The van der Waals surface area contributed by atoms with Crippen molar-refractivity contribution in [2.75, 3.05) is 4.72 Å². The highest BCUT2D eigenvalue weighted by Crippen LogP contribution is 2.22. The largest absolute Gasteiger partial charge is 0.324 e. The minimum absolute atomic E-state index is 0.0121. The SMILES string of the molecule is Cn1cnc(S(=O)(=O)Nc2ccc(=O)n(Cc3ccccc3Cl)c2)c1Cl. The molecule has 0 aliphatic rings. The van der Waals surface area contributed by atoms with E-state index >= 15 is 0 Å². The molecule has 7 nitrogen and oxygen atoms in total. The lowest BCUT2D eigenvalue weighted by molar-refractivity contribution is 0.598. The van der Waals surface area contributed by atoms with E-state index in [9.17, 15) is 13.2 Å². The molecule has 2 heterocycles. The van der Waals surface area contributed by atoms with Crippen LogP contribution in [0.4, 0.5) is 5.69 Å². The summed E-state index contributed by atoms with van der Waals surface area (Å²) in [5, 5.41) is 0.220. The Bertz CT molecular complexity index is 1120. The summed E-state index contributed by atoms with van der Waals surface area (Å²) >= 11 is 12.1. The monoisotopic (exact) mass is 412 g/mol. The van der Waals surface area contributed by atoms with E-state index in [1.165, 1.54) is 33.8 Å². The number of sulfonamides is 1. The van der Waals surface area contributed by atoms with Gasteiger partial charge in [0.1, 0.15) is 5.15 Å². The second-order valence-electron chi connectivity index (χ2n) is 5.53. The average molecular weight is 413 g/mol. The highest BCUT2D eigenvalue weighted by Gasteiger charge is 2.22. The van der Waals surface area contributed by atoms with E-state index in [1.54, 1.807) is 25.2 Å². The van der Waals surface area contributed by atoms with Crippen LogP contribution in [0.2, 0.25) is 10.2 Å². The molecule has 0 fully saturated rings. The Balaban J connectivity index is 1.92. The summed E-state index contributed by atoms with van der Waals surface area (Å²) in [5.41, 5.74) is 0.658. The number of aromatic nitrogens is 3. The number of imidazole rings is 1. The first-order chi connectivity index (χ1) is 12.3. The van der Waals surface area contributed by atoms with Crippen LogP contribution in [0.15, 0.2) is 58.7 Å². The molecule has 2 aromatic heterocycles. The lowest BCUT2D eigenvalue weighted by Gasteiger charge is -2.11. The Morgan fingerprint density at radius 2 is 1.88 bits per heavy atom. The van der Waals surface area contributed by atoms with Crippen LogP contribution in [0.3, 0.4) is 0 Å². The van der Waals surface area contributed by atoms with Crippen LogP contribution < -0.4 is 10.3 Å². The number of aryl methyl sites for hydroxylation is 1. The number of hydrogen-bond acceptors (Lipinski definition) is 4. The maximum atomic E-state index is 12.5. The molecule has 0 spiro atoms. The molecule has 0 bridgehead atoms. The zero-order chi connectivity index (χ0) is 18.9. The highest BCUT2D eigenvalue weighted by molar-refractivity contribution is 7.92. The highest BCUT2D eigenvalue weighted by atomic mass is 35.5. The summed E-state index contributed by atoms with van der Waals surface area (Å²) in [6.07, 6.45) is 2.70. The van der Waals surface area contributed by atoms with Crippen molar-refractivity contribution in [1.29, 1.82) is 0 Å². The van der Waals surface area contributed by atoms with Crippen molar-refractivity contribution < 1.29 is 8.42 Å². The van der Waals surface area contributed by atoms with Gasteiger partial charge in [0.05, 0.1) is 18.6 Å². The van der Waals surface area contributed by atoms with E-state index in [0.717, 1.165) is 5.56 Å². The van der Waals surface area contributed by atoms with Gasteiger partial charge in [-0.15, -0.1) is 0 Å². The summed E-state index contributed by atoms with van der Waals surface area (Å²) in [6.45, 7) is 0.207. The standard InChI is InChI=1S/C16H14Cl2N4O3S/c1-21-10-19-16(15(21)18)26(24,25)20-12-6-7-14(23)22(9-12)8-11-4-2-3-5-13(11)17/h2-7,9-10,20H,8H2,1H3. The van der Waals surface area contributed by atoms with Gasteiger partial charge in [-0.1, -0.05) is 41.4 Å². The van der Waals surface area contributed by atoms with Crippen molar-refractivity contribution in [2.45, 2.75) is 11.6 Å². The zero-order valence-corrected chi connectivity index (χ0v) is 15.9. The second-order valence-corrected chi connectivity index (χ2v) is 7.90. The van der Waals surface area contributed by atoms with Crippen molar-refractivity contribution in [3.05, 3.63) is 75.0 Å². The van der Waals surface area contributed by atoms with Gasteiger partial charge in [0.25, 0.3) is 15.6 Å². The Labute approximate surface area is 159 Å². The van der Waals surface area contributed by atoms with Gasteiger partial charge in [0.2, 0.25) is 5.03 Å². The summed E-state index contributed by atoms with van der Waals surface area (Å²) in [7, 11) is -2.41. The molecule has 0 aliphatic heterocycles. The molecule has 1 aromatic carbocycles. The number of rotatable bonds is 5. The zero-order valence-electron chi connectivity index (χ0n) is 13.6. The van der Waals surface area contributed by atoms with E-state index in [0.29, 0.717) is 5.02 Å². The van der Waals surface area contributed by atoms with Crippen molar-refractivity contribution in [3.8, 4) is 0 Å². The fraction of sp³-hybridized carbons (Fsp3) is 0.125. The maximum absolute atomic E-state index is 12.5. The van der Waals surface area contributed by atoms with Crippen LogP contribution in [0, 0.1) is 0 Å². The minimum atomic E-state index is -3.99. The van der Waals surface area contributed by atoms with E-state index in [-0.39, 0.29) is 28.0 Å². The molecular weight excluding hydrogens is 399 g/mol. The number of halogens is 2. The van der Waals surface area contributed by atoms with Crippen LogP contribution in [0.5, 0.6) is 0 Å². The fourth-order valence-electron chi connectivity index (χ4n) is 2.30. The topological polar surface area (TPSA) is 86.0 Å². The van der Waals surface area contributed by atoms with Crippen molar-refractivity contribution >= 4 is 38.9 Å². The summed E-state index contributed by atoms with van der Waals surface area (Å²) in [4.78, 5) is 15.9. The quantitative estimate of drug-likeness (QED) is 0.697. The van der Waals surface area contributed by atoms with E-state index in [1.807, 2.05) is 6.07 Å². The van der Waals surface area contributed by atoms with Gasteiger partial charge in [-0.25, -0.2) is 4.98 Å². The first-order valence-electron chi connectivity index (χ1n) is 7.41. The Hall–Kier alpha value is -2.29. The first kappa shape index (κ1) is 18.5. The first-order valence-corrected chi connectivity index (χ1v) is 9.65. The molecule has 3 rings (SSSR count). The van der Waals surface area contributed by atoms with Crippen LogP contribution >= 0.6 is 23.2 Å². The summed E-state index contributed by atoms with van der Waals surface area (Å²) in [5.74, 6) is 0. The van der Waals surface area contributed by atoms with Gasteiger partial charge in [-0.05, 0) is 17.7 Å². The van der Waals surface area contributed by atoms with Crippen LogP contribution in [-0.2, 0) is 23.6 Å². The smallest absolute Gasteiger partial charge is 0.282 e. The molecule has 0 saturated heterocycles. The third-order valence-electron chi connectivity index (χ3n) is 3.62. The Kier molecular flexibility index (Phi) is 5.08. The summed E-state index contributed by atoms with van der Waals surface area (Å²) < 4.78 is 30.0. The predicted octanol–water partition coefficient (Wildman–Crippen LogP) is 2.74. The van der Waals surface area contributed by atoms with Gasteiger partial charge >= 0.3 is 0 Å². The van der Waals surface area contributed by atoms with Gasteiger partial charge in [0, 0.05) is 24.3 Å². The molecule has 0 unspecified atom stereocenters. The van der Waals surface area contributed by atoms with Gasteiger partial charge in [0.15, 0.2) is 0 Å². The number of nitrogens with zero attached hydrogens (tertiary/aromatic N) is 3. The maximum Gasteiger partial charge on any atom is 0.282 e. The van der Waals surface area contributed by atoms with E-state index in [4.69, 9.17) is 23.2 Å². The molecule has 3 aromatic rings. The number of pyridine rings is 1. The molecule has 1 N–H and O–H groups in total. The van der Waals surface area contributed by atoms with Gasteiger partial charge < -0.3 is 9.13 Å². The Morgan fingerprint density at radius 3 is 2.54 bits per heavy atom. The molecule has 0 atom stereocenters. The minimum Gasteiger partial charge on any atom is -0.324 e. The normalized spacial score (nSPS) is 11.5. The number of anilines is 1. The van der Waals surface area contributed by atoms with Crippen LogP contribution in [0.1, 0.15) is 5.56 Å². The molecule has 0 saturated carbocycles. The van der Waals surface area contributed by atoms with E-state index in [2.05, 4.69) is 9.71 Å². The lowest BCUT2D eigenvalue weighted by Crippen LogP contribution is -2.21. The molecular formula is C16H14Cl2N4O3S. The molecule has 0 aliphatic carbocycles. The molecule has 10 heteroatoms. The van der Waals surface area contributed by atoms with Crippen LogP contribution in [-0.4, -0.2) is 22.5 Å². The van der Waals surface area contributed by atoms with E-state index < -0.39 is 10.0 Å². The second kappa shape index (κ2) is 7.14. The average Bonchev–Trinajstić information content (AvgIpc) is 2.92. The van der Waals surface area contributed by atoms with Crippen molar-refractivity contribution in [1.82, 2.24) is 14.1 Å². The molecule has 0 radical (unpaired) electrons. The number of hydrogen-bond donors (Lipinski definition) is 1. The van der Waals surface area contributed by atoms with Gasteiger partial charge in [-0.2, -0.15) is 8.42 Å². The number of nitrogens with one attached hydrogen (secondary N) is 1. The molecule has 0 amide bonds. The van der Waals surface area contributed by atoms with Crippen LogP contribution in [0.25, 0.3) is 0 Å². The molecule has 136 valence electrons. The van der Waals surface area contributed by atoms with Gasteiger partial charge in [-0.3, -0.25) is 9.52 Å². The fourth-order valence-corrected chi connectivity index (χ4v) is 3.98.